The van der Waals surface area contributed by atoms with Gasteiger partial charge in [-0.2, -0.15) is 0 Å². The van der Waals surface area contributed by atoms with E-state index in [4.69, 9.17) is 0 Å². The van der Waals surface area contributed by atoms with E-state index in [9.17, 15) is 18.0 Å². The summed E-state index contributed by atoms with van der Waals surface area (Å²) in [4.78, 5) is 27.4. The Hall–Kier alpha value is -2.87. The van der Waals surface area contributed by atoms with Crippen molar-refractivity contribution in [3.8, 4) is 0 Å². The van der Waals surface area contributed by atoms with Crippen LogP contribution in [0, 0.1) is 0 Å². The molecule has 1 atom stereocenters. The molecule has 2 aromatic rings. The predicted octanol–water partition coefficient (Wildman–Crippen LogP) is 3.74. The first-order chi connectivity index (χ1) is 16.0. The molecule has 0 aromatic heterocycles. The standard InChI is InChI=1S/C26H37N3O4S/c1-6-22-14-16-24(17-15-22)29(34(5,32)33)18-10-13-25(30)28(19-23-11-8-7-9-12-23)21(4)26(31)27-20(2)3/h7-9,11-12,14-17,20-21H,6,10,13,18-19H2,1-5H3,(H,27,31)/t21-/m1/s1. The summed E-state index contributed by atoms with van der Waals surface area (Å²) in [5.74, 6) is -0.405. The van der Waals surface area contributed by atoms with Crippen LogP contribution in [-0.4, -0.2) is 50.0 Å². The lowest BCUT2D eigenvalue weighted by Crippen LogP contribution is -2.49. The average molecular weight is 488 g/mol. The van der Waals surface area contributed by atoms with Crippen LogP contribution in [0.15, 0.2) is 54.6 Å². The normalized spacial score (nSPS) is 12.3. The minimum atomic E-state index is -3.50. The third-order valence-corrected chi connectivity index (χ3v) is 6.77. The molecule has 0 spiro atoms. The van der Waals surface area contributed by atoms with E-state index in [1.165, 1.54) is 10.6 Å². The maximum absolute atomic E-state index is 13.2. The van der Waals surface area contributed by atoms with Gasteiger partial charge in [-0.15, -0.1) is 0 Å². The number of nitrogens with one attached hydrogen (secondary N) is 1. The van der Waals surface area contributed by atoms with Crippen molar-refractivity contribution in [3.05, 3.63) is 65.7 Å². The van der Waals surface area contributed by atoms with Crippen molar-refractivity contribution in [1.82, 2.24) is 10.2 Å². The smallest absolute Gasteiger partial charge is 0.242 e. The van der Waals surface area contributed by atoms with Gasteiger partial charge < -0.3 is 10.2 Å². The maximum Gasteiger partial charge on any atom is 0.242 e. The lowest BCUT2D eigenvalue weighted by molar-refractivity contribution is -0.140. The molecule has 2 rings (SSSR count). The molecule has 1 N–H and O–H groups in total. The van der Waals surface area contributed by atoms with Crippen LogP contribution in [0.1, 0.15) is 51.7 Å². The summed E-state index contributed by atoms with van der Waals surface area (Å²) < 4.78 is 26.2. The molecule has 0 aliphatic carbocycles. The van der Waals surface area contributed by atoms with Gasteiger partial charge >= 0.3 is 0 Å². The monoisotopic (exact) mass is 487 g/mol. The lowest BCUT2D eigenvalue weighted by Gasteiger charge is -2.30. The summed E-state index contributed by atoms with van der Waals surface area (Å²) in [5.41, 5.74) is 2.63. The highest BCUT2D eigenvalue weighted by Crippen LogP contribution is 2.20. The molecule has 186 valence electrons. The van der Waals surface area contributed by atoms with Gasteiger partial charge in [-0.3, -0.25) is 13.9 Å². The summed E-state index contributed by atoms with van der Waals surface area (Å²) in [6.07, 6.45) is 2.51. The average Bonchev–Trinajstić information content (AvgIpc) is 2.79. The van der Waals surface area contributed by atoms with Crippen molar-refractivity contribution < 1.29 is 18.0 Å². The van der Waals surface area contributed by atoms with Crippen molar-refractivity contribution in [3.63, 3.8) is 0 Å². The van der Waals surface area contributed by atoms with E-state index < -0.39 is 16.1 Å². The van der Waals surface area contributed by atoms with Crippen LogP contribution >= 0.6 is 0 Å². The SMILES string of the molecule is CCc1ccc(N(CCCC(=O)N(Cc2ccccc2)[C@H](C)C(=O)NC(C)C)S(C)(=O)=O)cc1. The molecule has 0 heterocycles. The van der Waals surface area contributed by atoms with Gasteiger partial charge in [0, 0.05) is 25.6 Å². The van der Waals surface area contributed by atoms with Crippen molar-refractivity contribution in [2.45, 2.75) is 65.6 Å². The quantitative estimate of drug-likeness (QED) is 0.494. The molecular formula is C26H37N3O4S. The van der Waals surface area contributed by atoms with Gasteiger partial charge in [0.25, 0.3) is 0 Å². The number of benzene rings is 2. The van der Waals surface area contributed by atoms with Crippen LogP contribution < -0.4 is 9.62 Å². The van der Waals surface area contributed by atoms with E-state index in [1.807, 2.05) is 63.2 Å². The van der Waals surface area contributed by atoms with E-state index in [0.717, 1.165) is 17.5 Å². The van der Waals surface area contributed by atoms with Crippen LogP contribution in [0.3, 0.4) is 0 Å². The van der Waals surface area contributed by atoms with E-state index in [1.54, 1.807) is 24.0 Å². The maximum atomic E-state index is 13.2. The van der Waals surface area contributed by atoms with Crippen LogP contribution in [0.2, 0.25) is 0 Å². The molecule has 0 unspecified atom stereocenters. The van der Waals surface area contributed by atoms with E-state index in [2.05, 4.69) is 5.32 Å². The number of hydrogen-bond donors (Lipinski definition) is 1. The van der Waals surface area contributed by atoms with Gasteiger partial charge in [-0.25, -0.2) is 8.42 Å². The van der Waals surface area contributed by atoms with Crippen molar-refractivity contribution >= 4 is 27.5 Å². The summed E-state index contributed by atoms with van der Waals surface area (Å²) in [6.45, 7) is 8.00. The fourth-order valence-electron chi connectivity index (χ4n) is 3.67. The van der Waals surface area contributed by atoms with Crippen LogP contribution in [-0.2, 0) is 32.6 Å². The molecule has 2 amide bonds. The lowest BCUT2D eigenvalue weighted by atomic mass is 10.1. The number of anilines is 1. The molecule has 0 aliphatic heterocycles. The van der Waals surface area contributed by atoms with Crippen molar-refractivity contribution in [2.75, 3.05) is 17.1 Å². The Morgan fingerprint density at radius 1 is 0.941 bits per heavy atom. The first-order valence-corrected chi connectivity index (χ1v) is 13.6. The Balaban J connectivity index is 2.13. The highest BCUT2D eigenvalue weighted by Gasteiger charge is 2.27. The zero-order valence-electron chi connectivity index (χ0n) is 20.8. The Kier molecular flexibility index (Phi) is 10.1. The number of rotatable bonds is 12. The largest absolute Gasteiger partial charge is 0.352 e. The van der Waals surface area contributed by atoms with Gasteiger partial charge in [0.2, 0.25) is 21.8 Å². The molecule has 0 fully saturated rings. The van der Waals surface area contributed by atoms with Gasteiger partial charge in [0.05, 0.1) is 11.9 Å². The number of carbonyl (C=O) groups is 2. The van der Waals surface area contributed by atoms with Crippen LogP contribution in [0.25, 0.3) is 0 Å². The van der Waals surface area contributed by atoms with Crippen molar-refractivity contribution in [2.24, 2.45) is 0 Å². The predicted molar refractivity (Wildman–Crippen MR) is 137 cm³/mol. The fraction of sp³-hybridized carbons (Fsp3) is 0.462. The van der Waals surface area contributed by atoms with E-state index in [0.29, 0.717) is 18.7 Å². The molecule has 2 aromatic carbocycles. The summed E-state index contributed by atoms with van der Waals surface area (Å²) in [6, 6.07) is 16.2. The molecule has 0 bridgehead atoms. The number of carbonyl (C=O) groups excluding carboxylic acids is 2. The molecule has 0 aliphatic rings. The Bertz CT molecular complexity index is 1040. The second-order valence-electron chi connectivity index (χ2n) is 8.81. The molecule has 34 heavy (non-hydrogen) atoms. The van der Waals surface area contributed by atoms with Crippen LogP contribution in [0.5, 0.6) is 0 Å². The molecule has 0 saturated heterocycles. The number of sulfonamides is 1. The summed E-state index contributed by atoms with van der Waals surface area (Å²) >= 11 is 0. The highest BCUT2D eigenvalue weighted by atomic mass is 32.2. The zero-order valence-corrected chi connectivity index (χ0v) is 21.6. The van der Waals surface area contributed by atoms with Gasteiger partial charge in [0.1, 0.15) is 6.04 Å². The number of hydrogen-bond acceptors (Lipinski definition) is 4. The topological polar surface area (TPSA) is 86.8 Å². The second kappa shape index (κ2) is 12.6. The second-order valence-corrected chi connectivity index (χ2v) is 10.7. The molecule has 0 saturated carbocycles. The van der Waals surface area contributed by atoms with E-state index in [-0.39, 0.29) is 30.8 Å². The van der Waals surface area contributed by atoms with Gasteiger partial charge in [-0.1, -0.05) is 49.4 Å². The summed E-state index contributed by atoms with van der Waals surface area (Å²) in [5, 5.41) is 2.87. The number of aryl methyl sites for hydroxylation is 1. The Morgan fingerprint density at radius 2 is 1.56 bits per heavy atom. The minimum Gasteiger partial charge on any atom is -0.352 e. The molecule has 0 radical (unpaired) electrons. The number of nitrogens with zero attached hydrogens (tertiary/aromatic N) is 2. The molecular weight excluding hydrogens is 450 g/mol. The highest BCUT2D eigenvalue weighted by molar-refractivity contribution is 7.92. The third-order valence-electron chi connectivity index (χ3n) is 5.58. The number of amides is 2. The minimum absolute atomic E-state index is 0.0361. The van der Waals surface area contributed by atoms with Gasteiger partial charge in [-0.05, 0) is 56.9 Å². The van der Waals surface area contributed by atoms with E-state index >= 15 is 0 Å². The first kappa shape index (κ1) is 27.4. The van der Waals surface area contributed by atoms with Gasteiger partial charge in [0.15, 0.2) is 0 Å². The fourth-order valence-corrected chi connectivity index (χ4v) is 4.64. The van der Waals surface area contributed by atoms with Crippen LogP contribution in [0.4, 0.5) is 5.69 Å². The third kappa shape index (κ3) is 8.17. The summed E-state index contributed by atoms with van der Waals surface area (Å²) in [7, 11) is -3.50. The molecule has 8 heteroatoms. The van der Waals surface area contributed by atoms with Crippen molar-refractivity contribution in [1.29, 1.82) is 0 Å². The Morgan fingerprint density at radius 3 is 2.09 bits per heavy atom. The Labute approximate surface area is 204 Å². The zero-order chi connectivity index (χ0) is 25.3. The molecule has 7 nitrogen and oxygen atoms in total. The first-order valence-electron chi connectivity index (χ1n) is 11.7.